The van der Waals surface area contributed by atoms with E-state index in [2.05, 4.69) is 4.98 Å². The first-order valence-electron chi connectivity index (χ1n) is 2.91. The molecule has 0 aromatic carbocycles. The number of halogens is 1. The Labute approximate surface area is 75.8 Å². The number of nitrogens with zero attached hydrogens (tertiary/aromatic N) is 1. The summed E-state index contributed by atoms with van der Waals surface area (Å²) in [4.78, 5) is 14.2. The number of carboxylic acid groups (broad SMARTS) is 1. The zero-order chi connectivity index (χ0) is 9.14. The van der Waals surface area contributed by atoms with E-state index in [-0.39, 0.29) is 16.5 Å². The standard InChI is InChI=1S/C6H5ClNO3P/c7-5-4(6(9)10)3(11-12)1-2-8-5/h1-2H,12H2,(H,9,10). The van der Waals surface area contributed by atoms with Crippen molar-refractivity contribution in [2.75, 3.05) is 0 Å². The third kappa shape index (κ3) is 1.65. The maximum Gasteiger partial charge on any atom is 0.342 e. The summed E-state index contributed by atoms with van der Waals surface area (Å²) < 4.78 is 4.70. The van der Waals surface area contributed by atoms with Crippen LogP contribution in [0.2, 0.25) is 5.15 Å². The zero-order valence-electron chi connectivity index (χ0n) is 5.82. The van der Waals surface area contributed by atoms with Crippen LogP contribution >= 0.6 is 21.1 Å². The minimum Gasteiger partial charge on any atom is -0.479 e. The lowest BCUT2D eigenvalue weighted by molar-refractivity contribution is 0.0695. The Morgan fingerprint density at radius 3 is 2.83 bits per heavy atom. The Morgan fingerprint density at radius 1 is 1.75 bits per heavy atom. The lowest BCUT2D eigenvalue weighted by atomic mass is 10.2. The maximum absolute atomic E-state index is 10.6. The second-order valence-corrected chi connectivity index (χ2v) is 2.49. The van der Waals surface area contributed by atoms with E-state index in [1.54, 1.807) is 0 Å². The summed E-state index contributed by atoms with van der Waals surface area (Å²) in [5.74, 6) is -0.988. The van der Waals surface area contributed by atoms with Crippen molar-refractivity contribution in [1.82, 2.24) is 4.98 Å². The highest BCUT2D eigenvalue weighted by atomic mass is 35.5. The van der Waals surface area contributed by atoms with E-state index in [1.165, 1.54) is 12.3 Å². The van der Waals surface area contributed by atoms with E-state index < -0.39 is 5.97 Å². The molecule has 1 heterocycles. The van der Waals surface area contributed by atoms with E-state index in [4.69, 9.17) is 21.2 Å². The highest BCUT2D eigenvalue weighted by molar-refractivity contribution is 7.10. The molecular formula is C6H5ClNO3P. The van der Waals surface area contributed by atoms with E-state index in [0.717, 1.165) is 0 Å². The SMILES string of the molecule is O=C(O)c1c(OP)ccnc1Cl. The third-order valence-electron chi connectivity index (χ3n) is 1.21. The summed E-state index contributed by atoms with van der Waals surface area (Å²) >= 11 is 5.52. The van der Waals surface area contributed by atoms with Crippen molar-refractivity contribution in [2.24, 2.45) is 0 Å². The summed E-state index contributed by atoms with van der Waals surface area (Å²) in [5, 5.41) is 8.58. The molecule has 1 atom stereocenters. The topological polar surface area (TPSA) is 59.4 Å². The van der Waals surface area contributed by atoms with Gasteiger partial charge in [0.1, 0.15) is 16.5 Å². The Bertz CT molecular complexity index is 318. The van der Waals surface area contributed by atoms with E-state index >= 15 is 0 Å². The summed E-state index contributed by atoms with van der Waals surface area (Å²) in [7, 11) is 1.95. The van der Waals surface area contributed by atoms with Gasteiger partial charge in [-0.15, -0.1) is 0 Å². The van der Waals surface area contributed by atoms with Gasteiger partial charge in [-0.3, -0.25) is 0 Å². The van der Waals surface area contributed by atoms with Gasteiger partial charge in [-0.25, -0.2) is 9.78 Å². The predicted molar refractivity (Wildman–Crippen MR) is 46.5 cm³/mol. The average Bonchev–Trinajstić information content (AvgIpc) is 2.03. The number of pyridine rings is 1. The molecule has 12 heavy (non-hydrogen) atoms. The Kier molecular flexibility index (Phi) is 2.84. The molecule has 1 aromatic rings. The lowest BCUT2D eigenvalue weighted by Gasteiger charge is -2.03. The maximum atomic E-state index is 10.6. The van der Waals surface area contributed by atoms with Gasteiger partial charge in [-0.2, -0.15) is 0 Å². The molecule has 4 nitrogen and oxygen atoms in total. The fraction of sp³-hybridized carbons (Fsp3) is 0. The second-order valence-electron chi connectivity index (χ2n) is 1.90. The van der Waals surface area contributed by atoms with Crippen molar-refractivity contribution < 1.29 is 14.4 Å². The molecule has 0 saturated carbocycles. The van der Waals surface area contributed by atoms with Crippen molar-refractivity contribution >= 4 is 27.0 Å². The van der Waals surface area contributed by atoms with Gasteiger partial charge in [-0.1, -0.05) is 11.6 Å². The highest BCUT2D eigenvalue weighted by Gasteiger charge is 2.15. The van der Waals surface area contributed by atoms with E-state index in [1.807, 2.05) is 9.47 Å². The number of aromatic carboxylic acids is 1. The van der Waals surface area contributed by atoms with Crippen LogP contribution in [0.25, 0.3) is 0 Å². The predicted octanol–water partition coefficient (Wildman–Crippen LogP) is 1.60. The van der Waals surface area contributed by atoms with Gasteiger partial charge >= 0.3 is 5.97 Å². The summed E-state index contributed by atoms with van der Waals surface area (Å²) in [6.45, 7) is 0. The normalized spacial score (nSPS) is 9.50. The van der Waals surface area contributed by atoms with Crippen molar-refractivity contribution in [3.63, 3.8) is 0 Å². The molecule has 1 unspecified atom stereocenters. The minimum atomic E-state index is -1.16. The molecule has 0 fully saturated rings. The molecule has 64 valence electrons. The first kappa shape index (κ1) is 9.23. The molecule has 0 aliphatic rings. The minimum absolute atomic E-state index is 0.0811. The van der Waals surface area contributed by atoms with Crippen LogP contribution in [-0.2, 0) is 0 Å². The van der Waals surface area contributed by atoms with Crippen LogP contribution < -0.4 is 4.52 Å². The van der Waals surface area contributed by atoms with Crippen molar-refractivity contribution in [1.29, 1.82) is 0 Å². The first-order valence-corrected chi connectivity index (χ1v) is 3.76. The summed E-state index contributed by atoms with van der Waals surface area (Å²) in [6, 6.07) is 1.42. The van der Waals surface area contributed by atoms with Crippen LogP contribution in [0.4, 0.5) is 0 Å². The monoisotopic (exact) mass is 205 g/mol. The lowest BCUT2D eigenvalue weighted by Crippen LogP contribution is -2.00. The number of hydrogen-bond acceptors (Lipinski definition) is 3. The number of rotatable bonds is 2. The summed E-state index contributed by atoms with van der Waals surface area (Å²) in [5.41, 5.74) is -0.130. The van der Waals surface area contributed by atoms with Crippen molar-refractivity contribution in [2.45, 2.75) is 0 Å². The molecule has 0 saturated heterocycles. The molecule has 1 N–H and O–H groups in total. The fourth-order valence-corrected chi connectivity index (χ4v) is 1.14. The molecule has 6 heteroatoms. The van der Waals surface area contributed by atoms with Gasteiger partial charge in [0.25, 0.3) is 0 Å². The highest BCUT2D eigenvalue weighted by Crippen LogP contribution is 2.25. The largest absolute Gasteiger partial charge is 0.479 e. The van der Waals surface area contributed by atoms with E-state index in [0.29, 0.717) is 0 Å². The number of aromatic nitrogens is 1. The molecule has 1 aromatic heterocycles. The van der Waals surface area contributed by atoms with Crippen LogP contribution in [0.15, 0.2) is 12.3 Å². The number of carbonyl (C=O) groups is 1. The molecule has 0 amide bonds. The van der Waals surface area contributed by atoms with Crippen LogP contribution in [0, 0.1) is 0 Å². The van der Waals surface area contributed by atoms with Crippen molar-refractivity contribution in [3.8, 4) is 5.75 Å². The van der Waals surface area contributed by atoms with Crippen LogP contribution in [0.1, 0.15) is 10.4 Å². The molecule has 0 radical (unpaired) electrons. The smallest absolute Gasteiger partial charge is 0.342 e. The summed E-state index contributed by atoms with van der Waals surface area (Å²) in [6.07, 6.45) is 1.37. The van der Waals surface area contributed by atoms with Gasteiger partial charge in [-0.05, 0) is 6.07 Å². The fourth-order valence-electron chi connectivity index (χ4n) is 0.712. The van der Waals surface area contributed by atoms with Crippen LogP contribution in [-0.4, -0.2) is 16.1 Å². The third-order valence-corrected chi connectivity index (χ3v) is 1.75. The van der Waals surface area contributed by atoms with Crippen LogP contribution in [0.3, 0.4) is 0 Å². The molecule has 0 aliphatic carbocycles. The second kappa shape index (κ2) is 3.70. The van der Waals surface area contributed by atoms with Gasteiger partial charge in [0.15, 0.2) is 0 Å². The van der Waals surface area contributed by atoms with Gasteiger partial charge < -0.3 is 9.63 Å². The first-order chi connectivity index (χ1) is 5.66. The van der Waals surface area contributed by atoms with E-state index in [9.17, 15) is 4.79 Å². The number of hydrogen-bond donors (Lipinski definition) is 1. The molecule has 0 aliphatic heterocycles. The Balaban J connectivity index is 3.29. The Morgan fingerprint density at radius 2 is 2.42 bits per heavy atom. The molecule has 0 spiro atoms. The molecular weight excluding hydrogens is 200 g/mol. The van der Waals surface area contributed by atoms with Crippen molar-refractivity contribution in [3.05, 3.63) is 23.0 Å². The Hall–Kier alpha value is -0.860. The van der Waals surface area contributed by atoms with Gasteiger partial charge in [0.05, 0.1) is 9.47 Å². The molecule has 1 rings (SSSR count). The van der Waals surface area contributed by atoms with Gasteiger partial charge in [0, 0.05) is 6.20 Å². The quantitative estimate of drug-likeness (QED) is 0.589. The number of carboxylic acids is 1. The molecule has 0 bridgehead atoms. The van der Waals surface area contributed by atoms with Gasteiger partial charge in [0.2, 0.25) is 0 Å². The average molecular weight is 206 g/mol. The van der Waals surface area contributed by atoms with Crippen LogP contribution in [0.5, 0.6) is 5.75 Å². The zero-order valence-corrected chi connectivity index (χ0v) is 7.73.